The van der Waals surface area contributed by atoms with Crippen molar-refractivity contribution < 1.29 is 0 Å². The van der Waals surface area contributed by atoms with E-state index in [1.54, 1.807) is 0 Å². The first-order chi connectivity index (χ1) is 38.9. The van der Waals surface area contributed by atoms with E-state index >= 15 is 0 Å². The number of thiophene rings is 1. The van der Waals surface area contributed by atoms with E-state index in [0.29, 0.717) is 0 Å². The van der Waals surface area contributed by atoms with E-state index in [2.05, 4.69) is 302 Å². The maximum atomic E-state index is 2.58. The Balaban J connectivity index is 0.945. The van der Waals surface area contributed by atoms with E-state index in [1.807, 2.05) is 11.3 Å². The molecule has 14 aromatic rings. The third kappa shape index (κ3) is 6.70. The third-order valence-corrected chi connectivity index (χ3v) is 18.7. The zero-order chi connectivity index (χ0) is 52.4. The number of hydrogen-bond donors (Lipinski definition) is 0. The molecule has 3 heteroatoms. The van der Waals surface area contributed by atoms with Gasteiger partial charge in [-0.2, -0.15) is 0 Å². The van der Waals surface area contributed by atoms with Gasteiger partial charge in [0.05, 0.1) is 22.1 Å². The molecule has 0 bridgehead atoms. The van der Waals surface area contributed by atoms with Crippen molar-refractivity contribution in [2.24, 2.45) is 0 Å². The average Bonchev–Trinajstić information content (AvgIpc) is 3.91. The Morgan fingerprint density at radius 2 is 0.899 bits per heavy atom. The van der Waals surface area contributed by atoms with E-state index in [0.717, 1.165) is 28.3 Å². The maximum absolute atomic E-state index is 2.58. The van der Waals surface area contributed by atoms with Crippen LogP contribution in [0.15, 0.2) is 279 Å². The number of nitrogens with zero attached hydrogens (tertiary/aromatic N) is 2. The van der Waals surface area contributed by atoms with Gasteiger partial charge in [-0.1, -0.05) is 232 Å². The predicted molar refractivity (Wildman–Crippen MR) is 334 cm³/mol. The average molecular weight is 1030 g/mol. The number of benzene rings is 12. The van der Waals surface area contributed by atoms with Crippen LogP contribution in [0.3, 0.4) is 0 Å². The number of anilines is 3. The first-order valence-electron chi connectivity index (χ1n) is 27.5. The molecule has 372 valence electrons. The van der Waals surface area contributed by atoms with Crippen LogP contribution in [0.1, 0.15) is 47.2 Å². The van der Waals surface area contributed by atoms with Gasteiger partial charge in [0.1, 0.15) is 0 Å². The molecule has 2 aliphatic carbocycles. The Morgan fingerprint density at radius 3 is 1.73 bits per heavy atom. The summed E-state index contributed by atoms with van der Waals surface area (Å²) < 4.78 is 5.21. The van der Waals surface area contributed by atoms with Crippen LogP contribution in [0.2, 0.25) is 0 Å². The van der Waals surface area contributed by atoms with E-state index < -0.39 is 5.41 Å². The highest BCUT2D eigenvalue weighted by molar-refractivity contribution is 7.26. The zero-order valence-corrected chi connectivity index (χ0v) is 44.7. The fraction of sp³-hybridized carbons (Fsp3) is 0.0526. The molecule has 0 aliphatic heterocycles. The van der Waals surface area contributed by atoms with Crippen molar-refractivity contribution in [3.05, 3.63) is 312 Å². The van der Waals surface area contributed by atoms with E-state index in [1.165, 1.54) is 114 Å². The highest BCUT2D eigenvalue weighted by Gasteiger charge is 2.48. The van der Waals surface area contributed by atoms with Crippen molar-refractivity contribution in [2.45, 2.75) is 24.7 Å². The summed E-state index contributed by atoms with van der Waals surface area (Å²) in [5, 5.41) is 5.04. The molecule has 79 heavy (non-hydrogen) atoms. The van der Waals surface area contributed by atoms with Gasteiger partial charge in [0.25, 0.3) is 0 Å². The molecule has 0 saturated carbocycles. The van der Waals surface area contributed by atoms with E-state index in [9.17, 15) is 0 Å². The molecule has 16 rings (SSSR count). The summed E-state index contributed by atoms with van der Waals surface area (Å²) in [6.45, 7) is 4.75. The Hall–Kier alpha value is -9.54. The molecule has 1 atom stereocenters. The third-order valence-electron chi connectivity index (χ3n) is 17.5. The quantitative estimate of drug-likeness (QED) is 0.147. The van der Waals surface area contributed by atoms with Crippen LogP contribution >= 0.6 is 11.3 Å². The fourth-order valence-electron chi connectivity index (χ4n) is 13.9. The topological polar surface area (TPSA) is 8.17 Å². The van der Waals surface area contributed by atoms with Gasteiger partial charge in [-0.15, -0.1) is 11.3 Å². The van der Waals surface area contributed by atoms with Crippen molar-refractivity contribution in [1.82, 2.24) is 4.57 Å². The molecule has 0 amide bonds. The molecule has 2 aromatic heterocycles. The molecule has 12 aromatic carbocycles. The molecule has 1 unspecified atom stereocenters. The molecule has 0 saturated heterocycles. The lowest BCUT2D eigenvalue weighted by molar-refractivity contribution is 0.660. The van der Waals surface area contributed by atoms with Crippen LogP contribution < -0.4 is 4.90 Å². The molecule has 0 N–H and O–H groups in total. The highest BCUT2D eigenvalue weighted by Crippen LogP contribution is 2.59. The normalized spacial score (nSPS) is 14.9. The summed E-state index contributed by atoms with van der Waals surface area (Å²) in [4.78, 5) is 2.47. The Morgan fingerprint density at radius 1 is 0.342 bits per heavy atom. The van der Waals surface area contributed by atoms with Gasteiger partial charge in [-0.3, -0.25) is 0 Å². The summed E-state index contributed by atoms with van der Waals surface area (Å²) in [6.07, 6.45) is 0. The molecular formula is C76H52N2S. The summed E-state index contributed by atoms with van der Waals surface area (Å²) in [5.41, 5.74) is 23.7. The van der Waals surface area contributed by atoms with Crippen LogP contribution in [0.25, 0.3) is 92.2 Å². The highest BCUT2D eigenvalue weighted by atomic mass is 32.1. The van der Waals surface area contributed by atoms with Gasteiger partial charge in [0.2, 0.25) is 0 Å². The second-order valence-electron chi connectivity index (χ2n) is 21.9. The molecule has 0 spiro atoms. The van der Waals surface area contributed by atoms with Crippen LogP contribution in [0.5, 0.6) is 0 Å². The van der Waals surface area contributed by atoms with E-state index in [4.69, 9.17) is 0 Å². The number of aromatic nitrogens is 1. The molecule has 0 radical (unpaired) electrons. The fourth-order valence-corrected chi connectivity index (χ4v) is 15.2. The first kappa shape index (κ1) is 45.6. The smallest absolute Gasteiger partial charge is 0.0734 e. The number of para-hydroxylation sites is 1. The van der Waals surface area contributed by atoms with Crippen LogP contribution in [0.4, 0.5) is 17.1 Å². The van der Waals surface area contributed by atoms with Crippen molar-refractivity contribution in [3.63, 3.8) is 0 Å². The lowest BCUT2D eigenvalue weighted by atomic mass is 9.67. The molecule has 2 heterocycles. The SMILES string of the molecule is CC1(C)c2ccccc2-c2ccc(N(c3ccc(-c4ccccc4)cc3)c3ccc4c5ccccc5n(-c5cccc6c5C(c5ccccc5)(c5cccc(-c7cccc8c7sc7ccccc78)c5)c5ccccc5-6)c4c3)cc21. The van der Waals surface area contributed by atoms with Crippen LogP contribution in [-0.2, 0) is 10.8 Å². The zero-order valence-electron chi connectivity index (χ0n) is 43.9. The monoisotopic (exact) mass is 1020 g/mol. The van der Waals surface area contributed by atoms with Gasteiger partial charge < -0.3 is 9.47 Å². The van der Waals surface area contributed by atoms with Crippen molar-refractivity contribution in [3.8, 4) is 50.2 Å². The second kappa shape index (κ2) is 17.5. The number of hydrogen-bond acceptors (Lipinski definition) is 2. The summed E-state index contributed by atoms with van der Waals surface area (Å²) in [7, 11) is 0. The predicted octanol–water partition coefficient (Wildman–Crippen LogP) is 20.6. The second-order valence-corrected chi connectivity index (χ2v) is 23.0. The minimum absolute atomic E-state index is 0.164. The number of fused-ring (bicyclic) bond motifs is 12. The maximum Gasteiger partial charge on any atom is 0.0734 e. The molecule has 2 aliphatic rings. The Bertz CT molecular complexity index is 4750. The van der Waals surface area contributed by atoms with Gasteiger partial charge >= 0.3 is 0 Å². The van der Waals surface area contributed by atoms with Crippen molar-refractivity contribution in [2.75, 3.05) is 4.90 Å². The van der Waals surface area contributed by atoms with Crippen LogP contribution in [-0.4, -0.2) is 4.57 Å². The lowest BCUT2D eigenvalue weighted by Crippen LogP contribution is -2.30. The minimum atomic E-state index is -0.690. The van der Waals surface area contributed by atoms with Crippen molar-refractivity contribution in [1.29, 1.82) is 0 Å². The molecule has 2 nitrogen and oxygen atoms in total. The molecule has 0 fully saturated rings. The first-order valence-corrected chi connectivity index (χ1v) is 28.3. The van der Waals surface area contributed by atoms with Gasteiger partial charge in [0, 0.05) is 59.0 Å². The summed E-state index contributed by atoms with van der Waals surface area (Å²) >= 11 is 1.89. The molecular weight excluding hydrogens is 973 g/mol. The summed E-state index contributed by atoms with van der Waals surface area (Å²) in [5.74, 6) is 0. The van der Waals surface area contributed by atoms with Crippen molar-refractivity contribution >= 4 is 70.4 Å². The van der Waals surface area contributed by atoms with E-state index in [-0.39, 0.29) is 5.41 Å². The largest absolute Gasteiger partial charge is 0.310 e. The van der Waals surface area contributed by atoms with Gasteiger partial charge in [-0.05, 0) is 133 Å². The summed E-state index contributed by atoms with van der Waals surface area (Å²) in [6, 6.07) is 105. The standard InChI is InChI=1S/C76H52N2S/c1-75(2)66-33-13-9-26-58(66)60-44-42-55(47-68(60)75)77(54-40-38-50(39-41-54)49-20-5-3-6-21-49)56-43-45-62-61-28-11-15-35-69(61)78(71(62)48-56)70-36-19-31-64-59-27-10-14-34-67(59)76(73(64)70,52-23-7-4-8-24-52)53-25-17-22-51(46-53)57-30-18-32-65-63-29-12-16-37-72(63)79-74(57)65/h3-48H,1-2H3. The Labute approximate surface area is 464 Å². The van der Waals surface area contributed by atoms with Crippen LogP contribution in [0, 0.1) is 0 Å². The Kier molecular flexibility index (Phi) is 10.1. The lowest BCUT2D eigenvalue weighted by Gasteiger charge is -2.36. The van der Waals surface area contributed by atoms with Gasteiger partial charge in [0.15, 0.2) is 0 Å². The number of rotatable bonds is 8. The minimum Gasteiger partial charge on any atom is -0.310 e. The van der Waals surface area contributed by atoms with Gasteiger partial charge in [-0.25, -0.2) is 0 Å².